The third-order valence-electron chi connectivity index (χ3n) is 2.97. The second-order valence-electron chi connectivity index (χ2n) is 4.56. The summed E-state index contributed by atoms with van der Waals surface area (Å²) < 4.78 is 0. The zero-order chi connectivity index (χ0) is 11.3. The summed E-state index contributed by atoms with van der Waals surface area (Å²) >= 11 is 0. The molecule has 0 unspecified atom stereocenters. The lowest BCUT2D eigenvalue weighted by Crippen LogP contribution is -1.77. The molecule has 0 heteroatoms. The van der Waals surface area contributed by atoms with Gasteiger partial charge in [0.25, 0.3) is 0 Å². The highest BCUT2D eigenvalue weighted by atomic mass is 13.9. The first-order valence-electron chi connectivity index (χ1n) is 6.95. The van der Waals surface area contributed by atoms with Crippen LogP contribution < -0.4 is 0 Å². The molecule has 0 saturated carbocycles. The van der Waals surface area contributed by atoms with Gasteiger partial charge in [0.15, 0.2) is 0 Å². The van der Waals surface area contributed by atoms with Crippen LogP contribution >= 0.6 is 0 Å². The van der Waals surface area contributed by atoms with Crippen molar-refractivity contribution in [3.63, 3.8) is 0 Å². The van der Waals surface area contributed by atoms with E-state index < -0.39 is 0 Å². The number of hydrogen-bond donors (Lipinski definition) is 0. The van der Waals surface area contributed by atoms with Crippen LogP contribution in [0.25, 0.3) is 0 Å². The molecule has 0 heterocycles. The minimum Gasteiger partial charge on any atom is -0.0885 e. The third-order valence-corrected chi connectivity index (χ3v) is 2.97. The molecule has 0 aromatic heterocycles. The van der Waals surface area contributed by atoms with Gasteiger partial charge < -0.3 is 0 Å². The lowest BCUT2D eigenvalue weighted by Gasteiger charge is -1.97. The van der Waals surface area contributed by atoms with Crippen LogP contribution in [-0.2, 0) is 0 Å². The highest BCUT2D eigenvalue weighted by Gasteiger charge is 1.87. The Kier molecular flexibility index (Phi) is 8.91. The van der Waals surface area contributed by atoms with E-state index in [9.17, 15) is 0 Å². The van der Waals surface area contributed by atoms with Crippen LogP contribution in [0.2, 0.25) is 0 Å². The summed E-state index contributed by atoms with van der Waals surface area (Å²) in [4.78, 5) is 0. The second-order valence-corrected chi connectivity index (χ2v) is 4.56. The predicted molar refractivity (Wildman–Crippen MR) is 73.6 cm³/mol. The first kappa shape index (κ1) is 13.3. The van der Waals surface area contributed by atoms with Crippen LogP contribution in [0, 0.1) is 0 Å². The van der Waals surface area contributed by atoms with Crippen molar-refractivity contribution in [1.82, 2.24) is 0 Å². The molecule has 3 aliphatic rings. The second kappa shape index (κ2) is 10.7. The van der Waals surface area contributed by atoms with E-state index in [-0.39, 0.29) is 0 Å². The van der Waals surface area contributed by atoms with Crippen molar-refractivity contribution in [3.8, 4) is 0 Å². The minimum absolute atomic E-state index is 1.32. The summed E-state index contributed by atoms with van der Waals surface area (Å²) in [6.07, 6.45) is 27.0. The predicted octanol–water partition coefficient (Wildman–Crippen LogP) is 5.57. The van der Waals surface area contributed by atoms with Gasteiger partial charge in [-0.15, -0.1) is 0 Å². The number of allylic oxidation sites excluding steroid dienone is 6. The molecule has 0 aliphatic heterocycles. The van der Waals surface area contributed by atoms with Gasteiger partial charge in [0.2, 0.25) is 0 Å². The van der Waals surface area contributed by atoms with E-state index in [4.69, 9.17) is 0 Å². The van der Waals surface area contributed by atoms with Gasteiger partial charge in [-0.25, -0.2) is 0 Å². The zero-order valence-corrected chi connectivity index (χ0v) is 10.5. The maximum Gasteiger partial charge on any atom is -0.0348 e. The smallest absolute Gasteiger partial charge is 0.0348 e. The van der Waals surface area contributed by atoms with Crippen LogP contribution in [0.3, 0.4) is 0 Å². The van der Waals surface area contributed by atoms with Crippen LogP contribution in [0.15, 0.2) is 36.5 Å². The highest BCUT2D eigenvalue weighted by molar-refractivity contribution is 4.88. The molecular weight excluding hydrogens is 192 g/mol. The fourth-order valence-corrected chi connectivity index (χ4v) is 1.94. The largest absolute Gasteiger partial charge is 0.0885 e. The molecule has 0 atom stereocenters. The van der Waals surface area contributed by atoms with E-state index in [1.54, 1.807) is 0 Å². The molecule has 0 nitrogen and oxygen atoms in total. The molecule has 0 aromatic carbocycles. The third kappa shape index (κ3) is 8.52. The van der Waals surface area contributed by atoms with Crippen molar-refractivity contribution in [1.29, 1.82) is 0 Å². The molecule has 3 rings (SSSR count). The molecule has 0 radical (unpaired) electrons. The number of hydrogen-bond acceptors (Lipinski definition) is 0. The average molecular weight is 218 g/mol. The molecular formula is C16H26. The normalized spacial score (nSPS) is 21.0. The Morgan fingerprint density at radius 3 is 0.688 bits per heavy atom. The first-order chi connectivity index (χ1) is 8.00. The SMILES string of the molecule is C1=CCCC1.C1=CCCC1.C1=CCCCC1. The van der Waals surface area contributed by atoms with Gasteiger partial charge in [0.05, 0.1) is 0 Å². The van der Waals surface area contributed by atoms with Crippen molar-refractivity contribution < 1.29 is 0 Å². The Bertz CT molecular complexity index is 184. The van der Waals surface area contributed by atoms with E-state index in [2.05, 4.69) is 36.5 Å². The monoisotopic (exact) mass is 218 g/mol. The molecule has 90 valence electrons. The van der Waals surface area contributed by atoms with Crippen molar-refractivity contribution in [2.45, 2.75) is 64.2 Å². The summed E-state index contributed by atoms with van der Waals surface area (Å²) in [6.45, 7) is 0. The maximum absolute atomic E-state index is 2.27. The van der Waals surface area contributed by atoms with E-state index in [0.29, 0.717) is 0 Å². The van der Waals surface area contributed by atoms with Crippen molar-refractivity contribution >= 4 is 0 Å². The molecule has 16 heavy (non-hydrogen) atoms. The van der Waals surface area contributed by atoms with E-state index in [1.165, 1.54) is 64.2 Å². The number of rotatable bonds is 0. The topological polar surface area (TPSA) is 0 Å². The molecule has 3 aliphatic carbocycles. The van der Waals surface area contributed by atoms with Crippen molar-refractivity contribution in [3.05, 3.63) is 36.5 Å². The summed E-state index contributed by atoms with van der Waals surface area (Å²) in [5.41, 5.74) is 0. The lowest BCUT2D eigenvalue weighted by atomic mass is 10.1. The van der Waals surface area contributed by atoms with Gasteiger partial charge in [-0.3, -0.25) is 0 Å². The lowest BCUT2D eigenvalue weighted by molar-refractivity contribution is 0.730. The van der Waals surface area contributed by atoms with E-state index in [1.807, 2.05) is 0 Å². The van der Waals surface area contributed by atoms with Crippen LogP contribution in [0.4, 0.5) is 0 Å². The molecule has 0 amide bonds. The van der Waals surface area contributed by atoms with Crippen molar-refractivity contribution in [2.24, 2.45) is 0 Å². The van der Waals surface area contributed by atoms with E-state index in [0.717, 1.165) is 0 Å². The van der Waals surface area contributed by atoms with Crippen LogP contribution in [0.1, 0.15) is 64.2 Å². The standard InChI is InChI=1S/C6H10.2C5H8/c1-2-4-6-5-3-1;2*1-2-4-5-3-1/h1-2H,3-6H2;2*1-2H,3-5H2. The summed E-state index contributed by atoms with van der Waals surface area (Å²) in [5.74, 6) is 0. The van der Waals surface area contributed by atoms with E-state index >= 15 is 0 Å². The summed E-state index contributed by atoms with van der Waals surface area (Å²) in [6, 6.07) is 0. The van der Waals surface area contributed by atoms with Gasteiger partial charge in [0, 0.05) is 0 Å². The molecule has 0 N–H and O–H groups in total. The average Bonchev–Trinajstić information content (AvgIpc) is 3.10. The molecule has 0 spiro atoms. The quantitative estimate of drug-likeness (QED) is 0.466. The minimum atomic E-state index is 1.32. The Morgan fingerprint density at radius 1 is 0.312 bits per heavy atom. The fraction of sp³-hybridized carbons (Fsp3) is 0.625. The highest BCUT2D eigenvalue weighted by Crippen LogP contribution is 2.07. The van der Waals surface area contributed by atoms with Crippen LogP contribution in [0.5, 0.6) is 0 Å². The van der Waals surface area contributed by atoms with Crippen molar-refractivity contribution in [2.75, 3.05) is 0 Å². The van der Waals surface area contributed by atoms with Gasteiger partial charge in [-0.2, -0.15) is 0 Å². The Balaban J connectivity index is 0.000000121. The summed E-state index contributed by atoms with van der Waals surface area (Å²) in [7, 11) is 0. The molecule has 0 saturated heterocycles. The summed E-state index contributed by atoms with van der Waals surface area (Å²) in [5, 5.41) is 0. The van der Waals surface area contributed by atoms with Gasteiger partial charge in [-0.1, -0.05) is 36.5 Å². The van der Waals surface area contributed by atoms with Gasteiger partial charge in [0.1, 0.15) is 0 Å². The first-order valence-corrected chi connectivity index (χ1v) is 6.95. The Labute approximate surface area is 101 Å². The molecule has 0 fully saturated rings. The Hall–Kier alpha value is -0.780. The van der Waals surface area contributed by atoms with Gasteiger partial charge >= 0.3 is 0 Å². The van der Waals surface area contributed by atoms with Crippen LogP contribution in [-0.4, -0.2) is 0 Å². The van der Waals surface area contributed by atoms with Gasteiger partial charge in [-0.05, 0) is 64.2 Å². The Morgan fingerprint density at radius 2 is 0.562 bits per heavy atom. The molecule has 0 bridgehead atoms. The maximum atomic E-state index is 2.27. The molecule has 0 aromatic rings. The fourth-order valence-electron chi connectivity index (χ4n) is 1.94. The zero-order valence-electron chi connectivity index (χ0n) is 10.5.